The summed E-state index contributed by atoms with van der Waals surface area (Å²) in [6.45, 7) is 2.24. The summed E-state index contributed by atoms with van der Waals surface area (Å²) >= 11 is 6.75. The van der Waals surface area contributed by atoms with E-state index in [9.17, 15) is 14.4 Å². The molecule has 1 aliphatic rings. The molecule has 2 heterocycles. The summed E-state index contributed by atoms with van der Waals surface area (Å²) in [4.78, 5) is 38.4. The maximum Gasteiger partial charge on any atom is 0.293 e. The van der Waals surface area contributed by atoms with E-state index in [2.05, 4.69) is 15.5 Å². The van der Waals surface area contributed by atoms with Crippen LogP contribution in [0.1, 0.15) is 23.4 Å². The van der Waals surface area contributed by atoms with Crippen molar-refractivity contribution in [3.8, 4) is 11.5 Å². The number of nitrogens with one attached hydrogen (secondary N) is 1. The Morgan fingerprint density at radius 3 is 2.59 bits per heavy atom. The van der Waals surface area contributed by atoms with Gasteiger partial charge in [0, 0.05) is 36.5 Å². The molecule has 1 aromatic heterocycles. The molecule has 0 radical (unpaired) electrons. The van der Waals surface area contributed by atoms with Gasteiger partial charge in [0.2, 0.25) is 17.7 Å². The Kier molecular flexibility index (Phi) is 7.44. The number of benzene rings is 2. The van der Waals surface area contributed by atoms with E-state index < -0.39 is 0 Å². The Bertz CT molecular complexity index is 1240. The van der Waals surface area contributed by atoms with Gasteiger partial charge in [0.05, 0.1) is 4.91 Å². The third-order valence-corrected chi connectivity index (χ3v) is 6.19. The molecule has 0 atom stereocenters. The van der Waals surface area contributed by atoms with Gasteiger partial charge in [-0.05, 0) is 54.6 Å². The second-order valence-electron chi connectivity index (χ2n) is 7.60. The van der Waals surface area contributed by atoms with Crippen LogP contribution in [0.25, 0.3) is 17.5 Å². The van der Waals surface area contributed by atoms with Gasteiger partial charge >= 0.3 is 0 Å². The SMILES string of the molecule is Cc1ccc(-c2nnc(CCC(=O)NCCN3C(=O)S/C(=C/c4ccc(Cl)cc4)C3=O)o2)cc1. The minimum atomic E-state index is -0.381. The smallest absolute Gasteiger partial charge is 0.293 e. The molecular formula is C24H21ClN4O4S. The number of rotatable bonds is 8. The van der Waals surface area contributed by atoms with Gasteiger partial charge in [-0.15, -0.1) is 10.2 Å². The van der Waals surface area contributed by atoms with Gasteiger partial charge in [0.1, 0.15) is 0 Å². The summed E-state index contributed by atoms with van der Waals surface area (Å²) < 4.78 is 5.62. The first-order chi connectivity index (χ1) is 16.4. The van der Waals surface area contributed by atoms with E-state index in [0.717, 1.165) is 33.4 Å². The maximum absolute atomic E-state index is 12.6. The van der Waals surface area contributed by atoms with Crippen molar-refractivity contribution < 1.29 is 18.8 Å². The standard InChI is InChI=1S/C24H21ClN4O4S/c1-15-2-6-17(7-3-15)22-28-27-21(33-22)11-10-20(30)26-12-13-29-23(31)19(34-24(29)32)14-16-4-8-18(25)9-5-16/h2-9,14H,10-13H2,1H3,(H,26,30)/b19-14+. The molecule has 0 spiro atoms. The van der Waals surface area contributed by atoms with Crippen molar-refractivity contribution in [3.05, 3.63) is 75.5 Å². The predicted molar refractivity (Wildman–Crippen MR) is 130 cm³/mol. The molecule has 174 valence electrons. The Hall–Kier alpha value is -3.43. The lowest BCUT2D eigenvalue weighted by Gasteiger charge is -2.12. The van der Waals surface area contributed by atoms with Crippen LogP contribution in [0.3, 0.4) is 0 Å². The summed E-state index contributed by atoms with van der Waals surface area (Å²) in [7, 11) is 0. The Labute approximate surface area is 205 Å². The molecule has 1 saturated heterocycles. The number of nitrogens with zero attached hydrogens (tertiary/aromatic N) is 3. The van der Waals surface area contributed by atoms with Crippen LogP contribution in [-0.4, -0.2) is 45.2 Å². The van der Waals surface area contributed by atoms with Gasteiger partial charge in [-0.3, -0.25) is 19.3 Å². The molecule has 4 rings (SSSR count). The highest BCUT2D eigenvalue weighted by atomic mass is 35.5. The van der Waals surface area contributed by atoms with Crippen LogP contribution >= 0.6 is 23.4 Å². The number of halogens is 1. The molecule has 0 bridgehead atoms. The summed E-state index contributed by atoms with van der Waals surface area (Å²) in [6, 6.07) is 14.7. The number of aryl methyl sites for hydroxylation is 2. The largest absolute Gasteiger partial charge is 0.421 e. The molecule has 1 aliphatic heterocycles. The lowest BCUT2D eigenvalue weighted by molar-refractivity contribution is -0.124. The topological polar surface area (TPSA) is 105 Å². The van der Waals surface area contributed by atoms with Crippen LogP contribution < -0.4 is 5.32 Å². The van der Waals surface area contributed by atoms with Crippen LogP contribution in [0.5, 0.6) is 0 Å². The minimum Gasteiger partial charge on any atom is -0.421 e. The van der Waals surface area contributed by atoms with Crippen molar-refractivity contribution in [1.29, 1.82) is 0 Å². The Morgan fingerprint density at radius 1 is 1.12 bits per heavy atom. The highest BCUT2D eigenvalue weighted by Gasteiger charge is 2.34. The summed E-state index contributed by atoms with van der Waals surface area (Å²) in [5.41, 5.74) is 2.72. The van der Waals surface area contributed by atoms with Crippen LogP contribution in [-0.2, 0) is 16.0 Å². The van der Waals surface area contributed by atoms with Crippen molar-refractivity contribution in [2.75, 3.05) is 13.1 Å². The van der Waals surface area contributed by atoms with Crippen molar-refractivity contribution in [1.82, 2.24) is 20.4 Å². The molecule has 3 aromatic rings. The summed E-state index contributed by atoms with van der Waals surface area (Å²) in [6.07, 6.45) is 2.08. The molecule has 2 aromatic carbocycles. The summed E-state index contributed by atoms with van der Waals surface area (Å²) in [5, 5.41) is 11.0. The predicted octanol–water partition coefficient (Wildman–Crippen LogP) is 4.48. The van der Waals surface area contributed by atoms with Crippen LogP contribution in [0, 0.1) is 6.92 Å². The number of amides is 3. The van der Waals surface area contributed by atoms with Crippen LogP contribution in [0.4, 0.5) is 4.79 Å². The fourth-order valence-electron chi connectivity index (χ4n) is 3.19. The number of carbonyl (C=O) groups excluding carboxylic acids is 3. The first-order valence-electron chi connectivity index (χ1n) is 10.6. The van der Waals surface area contributed by atoms with Gasteiger partial charge in [0.25, 0.3) is 11.1 Å². The molecule has 1 N–H and O–H groups in total. The fourth-order valence-corrected chi connectivity index (χ4v) is 4.18. The summed E-state index contributed by atoms with van der Waals surface area (Å²) in [5.74, 6) is 0.151. The first-order valence-corrected chi connectivity index (χ1v) is 11.8. The van der Waals surface area contributed by atoms with Gasteiger partial charge in [-0.1, -0.05) is 41.4 Å². The zero-order valence-electron chi connectivity index (χ0n) is 18.3. The molecule has 0 aliphatic carbocycles. The molecule has 0 saturated carbocycles. The van der Waals surface area contributed by atoms with Crippen LogP contribution in [0.15, 0.2) is 57.9 Å². The average Bonchev–Trinajstić information content (AvgIpc) is 3.40. The zero-order valence-corrected chi connectivity index (χ0v) is 19.9. The second kappa shape index (κ2) is 10.7. The van der Waals surface area contributed by atoms with Crippen molar-refractivity contribution >= 4 is 46.5 Å². The molecule has 1 fully saturated rings. The number of hydrogen-bond acceptors (Lipinski definition) is 7. The number of aromatic nitrogens is 2. The molecule has 0 unspecified atom stereocenters. The lowest BCUT2D eigenvalue weighted by Crippen LogP contribution is -2.37. The van der Waals surface area contributed by atoms with Gasteiger partial charge in [0.15, 0.2) is 0 Å². The third kappa shape index (κ3) is 5.92. The average molecular weight is 497 g/mol. The molecule has 10 heteroatoms. The highest BCUT2D eigenvalue weighted by Crippen LogP contribution is 2.32. The van der Waals surface area contributed by atoms with E-state index in [1.165, 1.54) is 0 Å². The van der Waals surface area contributed by atoms with E-state index in [0.29, 0.717) is 21.7 Å². The van der Waals surface area contributed by atoms with E-state index in [-0.39, 0.29) is 43.0 Å². The quantitative estimate of drug-likeness (QED) is 0.458. The van der Waals surface area contributed by atoms with Gasteiger partial charge in [-0.2, -0.15) is 0 Å². The van der Waals surface area contributed by atoms with Crippen molar-refractivity contribution in [2.24, 2.45) is 0 Å². The molecule has 34 heavy (non-hydrogen) atoms. The van der Waals surface area contributed by atoms with Gasteiger partial charge < -0.3 is 9.73 Å². The highest BCUT2D eigenvalue weighted by molar-refractivity contribution is 8.18. The van der Waals surface area contributed by atoms with E-state index in [1.54, 1.807) is 30.3 Å². The fraction of sp³-hybridized carbons (Fsp3) is 0.208. The Morgan fingerprint density at radius 2 is 1.85 bits per heavy atom. The monoisotopic (exact) mass is 496 g/mol. The van der Waals surface area contributed by atoms with Crippen molar-refractivity contribution in [2.45, 2.75) is 19.8 Å². The minimum absolute atomic E-state index is 0.0898. The Balaban J connectivity index is 1.23. The molecule has 8 nitrogen and oxygen atoms in total. The normalized spacial score (nSPS) is 14.8. The third-order valence-electron chi connectivity index (χ3n) is 5.03. The van der Waals surface area contributed by atoms with Crippen LogP contribution in [0.2, 0.25) is 5.02 Å². The maximum atomic E-state index is 12.6. The number of hydrogen-bond donors (Lipinski definition) is 1. The first kappa shape index (κ1) is 23.7. The van der Waals surface area contributed by atoms with Crippen molar-refractivity contribution in [3.63, 3.8) is 0 Å². The molecular weight excluding hydrogens is 476 g/mol. The van der Waals surface area contributed by atoms with E-state index in [4.69, 9.17) is 16.0 Å². The zero-order chi connectivity index (χ0) is 24.1. The van der Waals surface area contributed by atoms with Gasteiger partial charge in [-0.25, -0.2) is 0 Å². The van der Waals surface area contributed by atoms with E-state index >= 15 is 0 Å². The molecule has 3 amide bonds. The lowest BCUT2D eigenvalue weighted by atomic mass is 10.1. The number of thioether (sulfide) groups is 1. The number of imide groups is 1. The second-order valence-corrected chi connectivity index (χ2v) is 9.03. The van der Waals surface area contributed by atoms with E-state index in [1.807, 2.05) is 31.2 Å². The number of carbonyl (C=O) groups is 3.